The van der Waals surface area contributed by atoms with Gasteiger partial charge in [-0.05, 0) is 43.7 Å². The van der Waals surface area contributed by atoms with Gasteiger partial charge in [-0.1, -0.05) is 31.5 Å². The highest BCUT2D eigenvalue weighted by Crippen LogP contribution is 2.28. The van der Waals surface area contributed by atoms with Crippen LogP contribution in [0.4, 0.5) is 11.4 Å². The van der Waals surface area contributed by atoms with E-state index in [-0.39, 0.29) is 17.1 Å². The second-order valence-electron chi connectivity index (χ2n) is 6.13. The molecule has 0 aliphatic rings. The summed E-state index contributed by atoms with van der Waals surface area (Å²) in [6.45, 7) is 3.91. The lowest BCUT2D eigenvalue weighted by molar-refractivity contribution is -0.116. The van der Waals surface area contributed by atoms with Crippen molar-refractivity contribution in [2.24, 2.45) is 0 Å². The fraction of sp³-hybridized carbons (Fsp3) is 0.333. The lowest BCUT2D eigenvalue weighted by Gasteiger charge is -2.14. The van der Waals surface area contributed by atoms with Crippen molar-refractivity contribution in [2.75, 3.05) is 17.7 Å². The van der Waals surface area contributed by atoms with Crippen LogP contribution in [0.25, 0.3) is 0 Å². The van der Waals surface area contributed by atoms with E-state index in [1.807, 2.05) is 43.3 Å². The van der Waals surface area contributed by atoms with E-state index >= 15 is 0 Å². The van der Waals surface area contributed by atoms with E-state index in [1.165, 1.54) is 11.8 Å². The first kappa shape index (κ1) is 20.8. The molecular weight excluding hydrogens is 360 g/mol. The van der Waals surface area contributed by atoms with Gasteiger partial charge in [-0.3, -0.25) is 9.59 Å². The van der Waals surface area contributed by atoms with Crippen LogP contribution in [0.2, 0.25) is 0 Å². The first-order chi connectivity index (χ1) is 13.0. The number of hydrogen-bond donors (Lipinski definition) is 2. The van der Waals surface area contributed by atoms with Crippen LogP contribution < -0.4 is 15.4 Å². The highest BCUT2D eigenvalue weighted by Gasteiger charge is 2.16. The van der Waals surface area contributed by atoms with Gasteiger partial charge in [-0.15, -0.1) is 11.8 Å². The van der Waals surface area contributed by atoms with Crippen molar-refractivity contribution in [3.8, 4) is 5.75 Å². The molecule has 0 aliphatic carbocycles. The molecule has 0 saturated heterocycles. The Morgan fingerprint density at radius 3 is 2.63 bits per heavy atom. The molecule has 0 aliphatic heterocycles. The van der Waals surface area contributed by atoms with E-state index in [2.05, 4.69) is 17.6 Å². The highest BCUT2D eigenvalue weighted by molar-refractivity contribution is 8.00. The van der Waals surface area contributed by atoms with E-state index in [1.54, 1.807) is 19.2 Å². The van der Waals surface area contributed by atoms with Gasteiger partial charge >= 0.3 is 0 Å². The Morgan fingerprint density at radius 2 is 1.89 bits per heavy atom. The second kappa shape index (κ2) is 10.6. The van der Waals surface area contributed by atoms with Crippen LogP contribution in [0.3, 0.4) is 0 Å². The zero-order valence-electron chi connectivity index (χ0n) is 16.0. The normalized spacial score (nSPS) is 11.5. The third-order valence-electron chi connectivity index (χ3n) is 3.92. The highest BCUT2D eigenvalue weighted by atomic mass is 32.2. The number of unbranched alkanes of at least 4 members (excludes halogenated alkanes) is 1. The van der Waals surface area contributed by atoms with Crippen molar-refractivity contribution in [3.05, 3.63) is 48.5 Å². The molecule has 0 heterocycles. The Morgan fingerprint density at radius 1 is 1.11 bits per heavy atom. The zero-order chi connectivity index (χ0) is 19.6. The predicted octanol–water partition coefficient (Wildman–Crippen LogP) is 4.94. The number of nitrogens with one attached hydrogen (secondary N) is 2. The Hall–Kier alpha value is -2.47. The molecule has 2 aromatic rings. The maximum atomic E-state index is 12.5. The molecule has 0 saturated carbocycles. The number of hydrogen-bond acceptors (Lipinski definition) is 4. The zero-order valence-corrected chi connectivity index (χ0v) is 16.8. The van der Waals surface area contributed by atoms with E-state index in [4.69, 9.17) is 4.74 Å². The van der Waals surface area contributed by atoms with Crippen LogP contribution in [0.5, 0.6) is 5.75 Å². The molecule has 27 heavy (non-hydrogen) atoms. The Labute approximate surface area is 164 Å². The fourth-order valence-corrected chi connectivity index (χ4v) is 3.37. The van der Waals surface area contributed by atoms with Crippen LogP contribution >= 0.6 is 11.8 Å². The van der Waals surface area contributed by atoms with Crippen LogP contribution in [0.15, 0.2) is 53.4 Å². The number of methoxy groups -OCH3 is 1. The van der Waals surface area contributed by atoms with Gasteiger partial charge in [-0.2, -0.15) is 0 Å². The summed E-state index contributed by atoms with van der Waals surface area (Å²) in [5.41, 5.74) is 1.40. The number of anilines is 2. The van der Waals surface area contributed by atoms with Crippen LogP contribution in [-0.4, -0.2) is 24.2 Å². The number of thioether (sulfide) groups is 1. The van der Waals surface area contributed by atoms with Crippen molar-refractivity contribution in [1.29, 1.82) is 0 Å². The largest absolute Gasteiger partial charge is 0.495 e. The van der Waals surface area contributed by atoms with Crippen LogP contribution in [0, 0.1) is 0 Å². The van der Waals surface area contributed by atoms with Gasteiger partial charge in [0.1, 0.15) is 5.75 Å². The first-order valence-corrected chi connectivity index (χ1v) is 9.92. The minimum atomic E-state index is -0.305. The summed E-state index contributed by atoms with van der Waals surface area (Å²) in [5.74, 6) is 0.530. The quantitative estimate of drug-likeness (QED) is 0.599. The molecule has 0 fully saturated rings. The van der Waals surface area contributed by atoms with E-state index < -0.39 is 0 Å². The number of ether oxygens (including phenoxy) is 1. The minimum absolute atomic E-state index is 0.0148. The van der Waals surface area contributed by atoms with Crippen molar-refractivity contribution < 1.29 is 14.3 Å². The van der Waals surface area contributed by atoms with Gasteiger partial charge in [0, 0.05) is 17.0 Å². The van der Waals surface area contributed by atoms with Crippen molar-refractivity contribution in [3.63, 3.8) is 0 Å². The molecule has 1 unspecified atom stereocenters. The number of amides is 2. The molecule has 1 atom stereocenters. The maximum absolute atomic E-state index is 12.5. The Kier molecular flexibility index (Phi) is 8.20. The van der Waals surface area contributed by atoms with Crippen LogP contribution in [0.1, 0.15) is 33.1 Å². The summed E-state index contributed by atoms with van der Waals surface area (Å²) < 4.78 is 5.26. The SMILES string of the molecule is CCCCC(=O)Nc1cccc(SC(C)C(=O)Nc2ccccc2OC)c1. The molecule has 0 radical (unpaired) electrons. The third kappa shape index (κ3) is 6.64. The monoisotopic (exact) mass is 386 g/mol. The minimum Gasteiger partial charge on any atom is -0.495 e. The summed E-state index contributed by atoms with van der Waals surface area (Å²) in [7, 11) is 1.57. The van der Waals surface area contributed by atoms with E-state index in [0.29, 0.717) is 17.9 Å². The molecule has 5 nitrogen and oxygen atoms in total. The topological polar surface area (TPSA) is 67.4 Å². The second-order valence-corrected chi connectivity index (χ2v) is 7.54. The number of benzene rings is 2. The lowest BCUT2D eigenvalue weighted by Crippen LogP contribution is -2.22. The Balaban J connectivity index is 1.96. The van der Waals surface area contributed by atoms with Crippen LogP contribution in [-0.2, 0) is 9.59 Å². The average Bonchev–Trinajstić information content (AvgIpc) is 2.67. The van der Waals surface area contributed by atoms with Gasteiger partial charge in [0.05, 0.1) is 18.0 Å². The van der Waals surface area contributed by atoms with Crippen molar-refractivity contribution >= 4 is 35.0 Å². The van der Waals surface area contributed by atoms with Gasteiger partial charge in [-0.25, -0.2) is 0 Å². The standard InChI is InChI=1S/C21H26N2O3S/c1-4-5-13-20(24)22-16-9-8-10-17(14-16)27-15(2)21(25)23-18-11-6-7-12-19(18)26-3/h6-12,14-15H,4-5,13H2,1-3H3,(H,22,24)(H,23,25). The number of carbonyl (C=O) groups is 2. The third-order valence-corrected chi connectivity index (χ3v) is 5.02. The molecule has 0 aromatic heterocycles. The molecule has 0 spiro atoms. The summed E-state index contributed by atoms with van der Waals surface area (Å²) in [5, 5.41) is 5.50. The predicted molar refractivity (Wildman–Crippen MR) is 112 cm³/mol. The molecular formula is C21H26N2O3S. The van der Waals surface area contributed by atoms with Crippen molar-refractivity contribution in [2.45, 2.75) is 43.3 Å². The molecule has 0 bridgehead atoms. The van der Waals surface area contributed by atoms with E-state index in [9.17, 15) is 9.59 Å². The fourth-order valence-electron chi connectivity index (χ4n) is 2.45. The molecule has 2 amide bonds. The Bertz CT molecular complexity index is 780. The molecule has 2 N–H and O–H groups in total. The summed E-state index contributed by atoms with van der Waals surface area (Å²) >= 11 is 1.44. The number of rotatable bonds is 9. The first-order valence-electron chi connectivity index (χ1n) is 9.04. The van der Waals surface area contributed by atoms with Gasteiger partial charge in [0.25, 0.3) is 0 Å². The van der Waals surface area contributed by atoms with Gasteiger partial charge in [0.2, 0.25) is 11.8 Å². The summed E-state index contributed by atoms with van der Waals surface area (Å²) in [6.07, 6.45) is 2.38. The summed E-state index contributed by atoms with van der Waals surface area (Å²) in [4.78, 5) is 25.3. The molecule has 2 rings (SSSR count). The average molecular weight is 387 g/mol. The number of carbonyl (C=O) groups excluding carboxylic acids is 2. The van der Waals surface area contributed by atoms with E-state index in [0.717, 1.165) is 23.4 Å². The summed E-state index contributed by atoms with van der Waals surface area (Å²) in [6, 6.07) is 14.9. The van der Waals surface area contributed by atoms with Gasteiger partial charge < -0.3 is 15.4 Å². The molecule has 144 valence electrons. The number of para-hydroxylation sites is 2. The molecule has 6 heteroatoms. The maximum Gasteiger partial charge on any atom is 0.237 e. The van der Waals surface area contributed by atoms with Crippen molar-refractivity contribution in [1.82, 2.24) is 0 Å². The lowest BCUT2D eigenvalue weighted by atomic mass is 10.2. The smallest absolute Gasteiger partial charge is 0.237 e. The molecule has 2 aromatic carbocycles. The van der Waals surface area contributed by atoms with Gasteiger partial charge in [0.15, 0.2) is 0 Å².